The molecular weight excluding hydrogens is 465 g/mol. The van der Waals surface area contributed by atoms with Gasteiger partial charge in [-0.15, -0.1) is 0 Å². The summed E-state index contributed by atoms with van der Waals surface area (Å²) in [6.45, 7) is 4.70. The Bertz CT molecular complexity index is 1340. The fourth-order valence-electron chi connectivity index (χ4n) is 5.36. The van der Waals surface area contributed by atoms with Crippen LogP contribution >= 0.6 is 0 Å². The predicted octanol–water partition coefficient (Wildman–Crippen LogP) is 5.29. The second-order valence-electron chi connectivity index (χ2n) is 9.88. The minimum atomic E-state index is -0.263. The Morgan fingerprint density at radius 1 is 1.11 bits per heavy atom. The van der Waals surface area contributed by atoms with Crippen LogP contribution in [0.5, 0.6) is 0 Å². The molecule has 3 heterocycles. The van der Waals surface area contributed by atoms with Gasteiger partial charge in [0.1, 0.15) is 17.2 Å². The van der Waals surface area contributed by atoms with E-state index in [0.29, 0.717) is 25.3 Å². The maximum atomic E-state index is 13.4. The van der Waals surface area contributed by atoms with Gasteiger partial charge in [-0.3, -0.25) is 4.79 Å². The molecule has 0 radical (unpaired) electrons. The summed E-state index contributed by atoms with van der Waals surface area (Å²) < 4.78 is 15.4. The minimum absolute atomic E-state index is 0.00168. The van der Waals surface area contributed by atoms with E-state index in [1.165, 1.54) is 36.1 Å². The van der Waals surface area contributed by atoms with Gasteiger partial charge in [0.2, 0.25) is 5.91 Å². The molecule has 2 aromatic heterocycles. The fourth-order valence-corrected chi connectivity index (χ4v) is 5.36. The van der Waals surface area contributed by atoms with Crippen LogP contribution in [0.25, 0.3) is 11.2 Å². The van der Waals surface area contributed by atoms with Gasteiger partial charge in [-0.2, -0.15) is 0 Å². The van der Waals surface area contributed by atoms with Crippen LogP contribution in [0, 0.1) is 5.82 Å². The first kappa shape index (κ1) is 25.1. The normalized spacial score (nSPS) is 16.9. The van der Waals surface area contributed by atoms with Gasteiger partial charge in [0.25, 0.3) is 0 Å². The van der Waals surface area contributed by atoms with Crippen LogP contribution < -0.4 is 10.6 Å². The van der Waals surface area contributed by atoms with E-state index in [2.05, 4.69) is 46.8 Å². The quantitative estimate of drug-likeness (QED) is 0.346. The molecule has 1 aliphatic heterocycles. The summed E-state index contributed by atoms with van der Waals surface area (Å²) in [6.07, 6.45) is 6.02. The molecule has 7 heteroatoms. The molecule has 192 valence electrons. The zero-order valence-corrected chi connectivity index (χ0v) is 21.3. The van der Waals surface area contributed by atoms with Crippen LogP contribution in [0.4, 0.5) is 4.39 Å². The summed E-state index contributed by atoms with van der Waals surface area (Å²) in [5, 5.41) is 6.71. The Hall–Kier alpha value is -3.58. The zero-order chi connectivity index (χ0) is 25.6. The molecular formula is C30H34FN5O. The van der Waals surface area contributed by atoms with Crippen molar-refractivity contribution in [3.63, 3.8) is 0 Å². The molecule has 1 saturated heterocycles. The van der Waals surface area contributed by atoms with Crippen LogP contribution in [0.1, 0.15) is 67.1 Å². The number of aryl methyl sites for hydroxylation is 1. The van der Waals surface area contributed by atoms with Crippen LogP contribution in [-0.2, 0) is 17.8 Å². The number of hydrogen-bond acceptors (Lipinski definition) is 4. The molecule has 0 bridgehead atoms. The third-order valence-electron chi connectivity index (χ3n) is 7.27. The van der Waals surface area contributed by atoms with E-state index in [1.54, 1.807) is 18.3 Å². The van der Waals surface area contributed by atoms with Crippen molar-refractivity contribution in [2.24, 2.45) is 0 Å². The predicted molar refractivity (Wildman–Crippen MR) is 144 cm³/mol. The molecule has 5 rings (SSSR count). The Morgan fingerprint density at radius 2 is 1.95 bits per heavy atom. The summed E-state index contributed by atoms with van der Waals surface area (Å²) in [7, 11) is 0. The second-order valence-corrected chi connectivity index (χ2v) is 9.88. The SMILES string of the molecule is C[C@H](NC(=O)CCc1nc2cccnc2n1Cc1ccc(F)cc1)c1ccccc1C1CCCNCC1. The Morgan fingerprint density at radius 3 is 2.81 bits per heavy atom. The number of fused-ring (bicyclic) bond motifs is 1. The van der Waals surface area contributed by atoms with Crippen molar-refractivity contribution in [1.82, 2.24) is 25.2 Å². The number of carbonyl (C=O) groups excluding carboxylic acids is 1. The molecule has 1 unspecified atom stereocenters. The van der Waals surface area contributed by atoms with Crippen LogP contribution in [-0.4, -0.2) is 33.5 Å². The lowest BCUT2D eigenvalue weighted by molar-refractivity contribution is -0.121. The maximum Gasteiger partial charge on any atom is 0.220 e. The number of nitrogens with zero attached hydrogens (tertiary/aromatic N) is 3. The zero-order valence-electron chi connectivity index (χ0n) is 21.3. The van der Waals surface area contributed by atoms with Crippen molar-refractivity contribution in [1.29, 1.82) is 0 Å². The largest absolute Gasteiger partial charge is 0.350 e. The molecule has 0 saturated carbocycles. The van der Waals surface area contributed by atoms with Crippen molar-refractivity contribution in [2.45, 2.75) is 57.5 Å². The number of carbonyl (C=O) groups is 1. The van der Waals surface area contributed by atoms with Gasteiger partial charge < -0.3 is 15.2 Å². The smallest absolute Gasteiger partial charge is 0.220 e. The van der Waals surface area contributed by atoms with Crippen molar-refractivity contribution < 1.29 is 9.18 Å². The lowest BCUT2D eigenvalue weighted by Gasteiger charge is -2.23. The molecule has 1 aliphatic rings. The number of amides is 1. The summed E-state index contributed by atoms with van der Waals surface area (Å²) in [5.74, 6) is 1.05. The molecule has 0 spiro atoms. The highest BCUT2D eigenvalue weighted by Crippen LogP contribution is 2.31. The number of imidazole rings is 1. The minimum Gasteiger partial charge on any atom is -0.350 e. The molecule has 0 aliphatic carbocycles. The highest BCUT2D eigenvalue weighted by atomic mass is 19.1. The van der Waals surface area contributed by atoms with E-state index in [1.807, 2.05) is 16.7 Å². The van der Waals surface area contributed by atoms with Gasteiger partial charge >= 0.3 is 0 Å². The number of rotatable bonds is 8. The summed E-state index contributed by atoms with van der Waals surface area (Å²) in [5.41, 5.74) is 5.07. The first-order valence-electron chi connectivity index (χ1n) is 13.2. The summed E-state index contributed by atoms with van der Waals surface area (Å²) in [6, 6.07) is 18.7. The lowest BCUT2D eigenvalue weighted by Crippen LogP contribution is -2.28. The van der Waals surface area contributed by atoms with Crippen molar-refractivity contribution in [2.75, 3.05) is 13.1 Å². The first-order valence-corrected chi connectivity index (χ1v) is 13.2. The second kappa shape index (κ2) is 11.6. The first-order chi connectivity index (χ1) is 18.1. The molecule has 2 atom stereocenters. The van der Waals surface area contributed by atoms with Gasteiger partial charge in [0, 0.05) is 19.0 Å². The molecule has 1 fully saturated rings. The van der Waals surface area contributed by atoms with Crippen molar-refractivity contribution in [3.05, 3.63) is 95.2 Å². The monoisotopic (exact) mass is 499 g/mol. The maximum absolute atomic E-state index is 13.4. The van der Waals surface area contributed by atoms with Gasteiger partial charge in [-0.25, -0.2) is 14.4 Å². The van der Waals surface area contributed by atoms with E-state index in [4.69, 9.17) is 4.98 Å². The standard InChI is InChI=1S/C30H34FN5O/c1-21(25-7-2-3-8-26(25)23-6-4-17-32-19-16-23)34-29(37)15-14-28-35-27-9-5-18-33-30(27)36(28)20-22-10-12-24(31)13-11-22/h2-3,5,7-13,18,21,23,32H,4,6,14-17,19-20H2,1H3,(H,34,37)/t21-,23?/m0/s1. The van der Waals surface area contributed by atoms with Crippen molar-refractivity contribution in [3.8, 4) is 0 Å². The average Bonchev–Trinajstić information content (AvgIpc) is 3.06. The summed E-state index contributed by atoms with van der Waals surface area (Å²) >= 11 is 0. The van der Waals surface area contributed by atoms with Gasteiger partial charge in [-0.05, 0) is 86.1 Å². The molecule has 37 heavy (non-hydrogen) atoms. The van der Waals surface area contributed by atoms with Gasteiger partial charge in [0.15, 0.2) is 5.65 Å². The van der Waals surface area contributed by atoms with E-state index in [-0.39, 0.29) is 17.8 Å². The molecule has 1 amide bonds. The molecule has 6 nitrogen and oxygen atoms in total. The third kappa shape index (κ3) is 6.05. The molecule has 4 aromatic rings. The number of halogens is 1. The Kier molecular flexibility index (Phi) is 7.90. The van der Waals surface area contributed by atoms with E-state index in [0.717, 1.165) is 42.1 Å². The van der Waals surface area contributed by atoms with Crippen LogP contribution in [0.2, 0.25) is 0 Å². The Balaban J connectivity index is 1.28. The van der Waals surface area contributed by atoms with Gasteiger partial charge in [0.05, 0.1) is 12.6 Å². The number of benzene rings is 2. The number of hydrogen-bond donors (Lipinski definition) is 2. The van der Waals surface area contributed by atoms with Crippen molar-refractivity contribution >= 4 is 17.1 Å². The van der Waals surface area contributed by atoms with E-state index in [9.17, 15) is 9.18 Å². The van der Waals surface area contributed by atoms with E-state index >= 15 is 0 Å². The number of pyridine rings is 1. The topological polar surface area (TPSA) is 71.8 Å². The molecule has 2 aromatic carbocycles. The average molecular weight is 500 g/mol. The third-order valence-corrected chi connectivity index (χ3v) is 7.27. The lowest BCUT2D eigenvalue weighted by atomic mass is 9.86. The number of aromatic nitrogens is 3. The Labute approximate surface area is 217 Å². The highest BCUT2D eigenvalue weighted by molar-refractivity contribution is 5.77. The summed E-state index contributed by atoms with van der Waals surface area (Å²) in [4.78, 5) is 22.3. The van der Waals surface area contributed by atoms with Crippen LogP contribution in [0.15, 0.2) is 66.9 Å². The fraction of sp³-hybridized carbons (Fsp3) is 0.367. The highest BCUT2D eigenvalue weighted by Gasteiger charge is 2.21. The molecule has 2 N–H and O–H groups in total. The van der Waals surface area contributed by atoms with E-state index < -0.39 is 0 Å². The van der Waals surface area contributed by atoms with Gasteiger partial charge in [-0.1, -0.05) is 36.4 Å². The number of nitrogens with one attached hydrogen (secondary N) is 2. The van der Waals surface area contributed by atoms with Crippen LogP contribution in [0.3, 0.4) is 0 Å².